The number of aromatic carboxylic acids is 1. The molecule has 1 aliphatic carbocycles. The van der Waals surface area contributed by atoms with Crippen molar-refractivity contribution in [3.05, 3.63) is 33.4 Å². The Kier molecular flexibility index (Phi) is 4.19. The molecule has 5 nitrogen and oxygen atoms in total. The second kappa shape index (κ2) is 6.00. The molecule has 122 valence electrons. The zero-order valence-electron chi connectivity index (χ0n) is 13.4. The lowest BCUT2D eigenvalue weighted by Gasteiger charge is -2.21. The molecule has 0 bridgehead atoms. The minimum Gasteiger partial charge on any atom is -0.496 e. The Morgan fingerprint density at radius 2 is 2.17 bits per heavy atom. The lowest BCUT2D eigenvalue weighted by Crippen LogP contribution is -2.11. The molecular formula is C17H19BrN2O3. The Labute approximate surface area is 143 Å². The number of aromatic nitrogens is 2. The highest BCUT2D eigenvalue weighted by Gasteiger charge is 2.29. The van der Waals surface area contributed by atoms with Crippen LogP contribution >= 0.6 is 15.9 Å². The van der Waals surface area contributed by atoms with Gasteiger partial charge in [-0.25, -0.2) is 4.79 Å². The van der Waals surface area contributed by atoms with Gasteiger partial charge in [-0.1, -0.05) is 13.8 Å². The maximum absolute atomic E-state index is 11.5. The van der Waals surface area contributed by atoms with Crippen LogP contribution in [0.15, 0.2) is 16.6 Å². The summed E-state index contributed by atoms with van der Waals surface area (Å²) in [6.45, 7) is 4.89. The van der Waals surface area contributed by atoms with Crippen LogP contribution in [0, 0.1) is 5.92 Å². The minimum atomic E-state index is -0.959. The van der Waals surface area contributed by atoms with Crippen LogP contribution < -0.4 is 4.74 Å². The summed E-state index contributed by atoms with van der Waals surface area (Å²) >= 11 is 3.53. The molecule has 3 rings (SSSR count). The Hall–Kier alpha value is -1.82. The third kappa shape index (κ3) is 2.76. The number of carbonyl (C=O) groups is 1. The normalized spacial score (nSPS) is 12.9. The summed E-state index contributed by atoms with van der Waals surface area (Å²) in [5.74, 6) is 0.216. The summed E-state index contributed by atoms with van der Waals surface area (Å²) in [6.07, 6.45) is 1.48. The van der Waals surface area contributed by atoms with Gasteiger partial charge < -0.3 is 9.84 Å². The van der Waals surface area contributed by atoms with E-state index in [1.165, 1.54) is 5.56 Å². The average Bonchev–Trinajstić information content (AvgIpc) is 2.85. The molecule has 1 N–H and O–H groups in total. The van der Waals surface area contributed by atoms with Crippen LogP contribution in [0.4, 0.5) is 0 Å². The van der Waals surface area contributed by atoms with Gasteiger partial charge >= 0.3 is 5.97 Å². The summed E-state index contributed by atoms with van der Waals surface area (Å²) in [6, 6.07) is 4.03. The summed E-state index contributed by atoms with van der Waals surface area (Å²) < 4.78 is 8.08. The molecule has 0 unspecified atom stereocenters. The fourth-order valence-electron chi connectivity index (χ4n) is 3.13. The number of nitrogens with zero attached hydrogens (tertiary/aromatic N) is 2. The number of carboxylic acid groups (broad SMARTS) is 1. The van der Waals surface area contributed by atoms with Crippen molar-refractivity contribution >= 4 is 21.9 Å². The van der Waals surface area contributed by atoms with Crippen molar-refractivity contribution in [3.63, 3.8) is 0 Å². The molecule has 0 saturated carbocycles. The number of halogens is 1. The average molecular weight is 379 g/mol. The summed E-state index contributed by atoms with van der Waals surface area (Å²) in [7, 11) is 1.65. The van der Waals surface area contributed by atoms with Gasteiger partial charge in [0.05, 0.1) is 17.3 Å². The Balaban J connectivity index is 2.23. The number of aryl methyl sites for hydroxylation is 1. The molecule has 23 heavy (non-hydrogen) atoms. The fourth-order valence-corrected chi connectivity index (χ4v) is 3.63. The van der Waals surface area contributed by atoms with Gasteiger partial charge in [-0.15, -0.1) is 0 Å². The van der Waals surface area contributed by atoms with Crippen molar-refractivity contribution in [1.29, 1.82) is 0 Å². The van der Waals surface area contributed by atoms with Crippen molar-refractivity contribution in [2.45, 2.75) is 33.2 Å². The molecule has 0 amide bonds. The topological polar surface area (TPSA) is 64.3 Å². The maximum atomic E-state index is 11.5. The molecule has 1 aliphatic rings. The van der Waals surface area contributed by atoms with Gasteiger partial charge in [0, 0.05) is 17.7 Å². The van der Waals surface area contributed by atoms with E-state index < -0.39 is 5.97 Å². The number of benzene rings is 1. The number of methoxy groups -OCH3 is 1. The van der Waals surface area contributed by atoms with Gasteiger partial charge in [0.2, 0.25) is 0 Å². The monoisotopic (exact) mass is 378 g/mol. The SMILES string of the molecule is COc1cc2c(cc1Br)-c1c(c(C(=O)O)nn1CC(C)C)CC2. The first kappa shape index (κ1) is 16.1. The van der Waals surface area contributed by atoms with Crippen LogP contribution in [0.25, 0.3) is 11.3 Å². The highest BCUT2D eigenvalue weighted by Crippen LogP contribution is 2.40. The molecule has 0 spiro atoms. The molecule has 2 aromatic rings. The fraction of sp³-hybridized carbons (Fsp3) is 0.412. The lowest BCUT2D eigenvalue weighted by molar-refractivity contribution is 0.0688. The van der Waals surface area contributed by atoms with Crippen molar-refractivity contribution in [2.24, 2.45) is 5.92 Å². The smallest absolute Gasteiger partial charge is 0.356 e. The molecule has 0 saturated heterocycles. The first-order chi connectivity index (χ1) is 10.9. The molecule has 0 radical (unpaired) electrons. The van der Waals surface area contributed by atoms with Gasteiger partial charge in [-0.05, 0) is 52.4 Å². The van der Waals surface area contributed by atoms with Crippen molar-refractivity contribution in [1.82, 2.24) is 9.78 Å². The largest absolute Gasteiger partial charge is 0.496 e. The van der Waals surface area contributed by atoms with E-state index in [1.54, 1.807) is 7.11 Å². The van der Waals surface area contributed by atoms with Crippen molar-refractivity contribution < 1.29 is 14.6 Å². The minimum absolute atomic E-state index is 0.179. The first-order valence-electron chi connectivity index (χ1n) is 7.62. The number of fused-ring (bicyclic) bond motifs is 3. The standard InChI is InChI=1S/C17H19BrN2O3/c1-9(2)8-20-16-11(15(19-20)17(21)22)5-4-10-6-14(23-3)13(18)7-12(10)16/h6-7,9H,4-5,8H2,1-3H3,(H,21,22). The van der Waals surface area contributed by atoms with Gasteiger partial charge in [0.15, 0.2) is 5.69 Å². The number of rotatable bonds is 4. The molecule has 0 atom stereocenters. The van der Waals surface area contributed by atoms with E-state index in [2.05, 4.69) is 34.9 Å². The van der Waals surface area contributed by atoms with Gasteiger partial charge in [0.25, 0.3) is 0 Å². The van der Waals surface area contributed by atoms with Crippen LogP contribution in [-0.2, 0) is 19.4 Å². The summed E-state index contributed by atoms with van der Waals surface area (Å²) in [4.78, 5) is 11.5. The molecule has 0 fully saturated rings. The summed E-state index contributed by atoms with van der Waals surface area (Å²) in [5, 5.41) is 13.8. The zero-order valence-corrected chi connectivity index (χ0v) is 15.0. The number of hydrogen-bond donors (Lipinski definition) is 1. The third-order valence-corrected chi connectivity index (χ3v) is 4.69. The van der Waals surface area contributed by atoms with Gasteiger partial charge in [-0.3, -0.25) is 4.68 Å². The van der Waals surface area contributed by atoms with Crippen LogP contribution in [0.2, 0.25) is 0 Å². The maximum Gasteiger partial charge on any atom is 0.356 e. The Morgan fingerprint density at radius 3 is 2.78 bits per heavy atom. The van der Waals surface area contributed by atoms with Crippen LogP contribution in [0.1, 0.15) is 35.5 Å². The van der Waals surface area contributed by atoms with Crippen LogP contribution in [0.5, 0.6) is 5.75 Å². The highest BCUT2D eigenvalue weighted by molar-refractivity contribution is 9.10. The van der Waals surface area contributed by atoms with Gasteiger partial charge in [-0.2, -0.15) is 5.10 Å². The van der Waals surface area contributed by atoms with Gasteiger partial charge in [0.1, 0.15) is 5.75 Å². The predicted molar refractivity (Wildman–Crippen MR) is 91.1 cm³/mol. The van der Waals surface area contributed by atoms with E-state index >= 15 is 0 Å². The number of ether oxygens (including phenoxy) is 1. The second-order valence-electron chi connectivity index (χ2n) is 6.20. The van der Waals surface area contributed by atoms with E-state index in [4.69, 9.17) is 4.74 Å². The van der Waals surface area contributed by atoms with E-state index in [-0.39, 0.29) is 5.69 Å². The van der Waals surface area contributed by atoms with E-state index in [0.29, 0.717) is 18.9 Å². The van der Waals surface area contributed by atoms with Crippen LogP contribution in [-0.4, -0.2) is 28.0 Å². The van der Waals surface area contributed by atoms with E-state index in [1.807, 2.05) is 16.8 Å². The Morgan fingerprint density at radius 1 is 1.43 bits per heavy atom. The van der Waals surface area contributed by atoms with Crippen LogP contribution in [0.3, 0.4) is 0 Å². The molecule has 0 aliphatic heterocycles. The molecule has 6 heteroatoms. The lowest BCUT2D eigenvalue weighted by atomic mass is 9.88. The Bertz CT molecular complexity index is 781. The van der Waals surface area contributed by atoms with Crippen molar-refractivity contribution in [3.8, 4) is 17.0 Å². The number of hydrogen-bond acceptors (Lipinski definition) is 3. The third-order valence-electron chi connectivity index (χ3n) is 4.07. The quantitative estimate of drug-likeness (QED) is 0.878. The predicted octanol–water partition coefficient (Wildman–Crippen LogP) is 3.77. The highest BCUT2D eigenvalue weighted by atomic mass is 79.9. The first-order valence-corrected chi connectivity index (χ1v) is 8.41. The molecule has 1 aromatic heterocycles. The van der Waals surface area contributed by atoms with E-state index in [0.717, 1.165) is 33.5 Å². The van der Waals surface area contributed by atoms with Crippen molar-refractivity contribution in [2.75, 3.05) is 7.11 Å². The zero-order chi connectivity index (χ0) is 16.7. The molecule has 1 aromatic carbocycles. The summed E-state index contributed by atoms with van der Waals surface area (Å²) in [5.41, 5.74) is 4.15. The molecular weight excluding hydrogens is 360 g/mol. The second-order valence-corrected chi connectivity index (χ2v) is 7.06. The molecule has 1 heterocycles. The number of carboxylic acids is 1. The van der Waals surface area contributed by atoms with E-state index in [9.17, 15) is 9.90 Å².